The van der Waals surface area contributed by atoms with Crippen LogP contribution in [0.25, 0.3) is 0 Å². The van der Waals surface area contributed by atoms with Gasteiger partial charge in [-0.1, -0.05) is 154 Å². The molecule has 0 rings (SSSR count). The van der Waals surface area contributed by atoms with Gasteiger partial charge in [0.2, 0.25) is 0 Å². The zero-order valence-electron chi connectivity index (χ0n) is 30.4. The molecule has 43 heavy (non-hydrogen) atoms. The van der Waals surface area contributed by atoms with Crippen molar-refractivity contribution in [2.45, 2.75) is 194 Å². The molecule has 0 saturated heterocycles. The zero-order valence-corrected chi connectivity index (χ0v) is 32.2. The fourth-order valence-electron chi connectivity index (χ4n) is 5.68. The summed E-state index contributed by atoms with van der Waals surface area (Å²) in [4.78, 5) is 0. The number of aliphatic hydroxyl groups excluding tert-OH is 1. The monoisotopic (exact) mass is 647 g/mol. The van der Waals surface area contributed by atoms with Crippen LogP contribution in [0.15, 0.2) is 12.2 Å². The Morgan fingerprint density at radius 1 is 0.488 bits per heavy atom. The summed E-state index contributed by atoms with van der Waals surface area (Å²) in [5.74, 6) is 0. The normalized spacial score (nSPS) is 14.0. The molecule has 0 aromatic heterocycles. The minimum absolute atomic E-state index is 0.418. The highest BCUT2D eigenvalue weighted by Gasteiger charge is 2.17. The van der Waals surface area contributed by atoms with Gasteiger partial charge >= 0.3 is 0 Å². The molecule has 2 unspecified atom stereocenters. The van der Waals surface area contributed by atoms with E-state index in [1.165, 1.54) is 154 Å². The Labute approximate surface area is 272 Å². The van der Waals surface area contributed by atoms with Crippen LogP contribution in [-0.4, -0.2) is 49.7 Å². The third-order valence-electron chi connectivity index (χ3n) is 8.34. The van der Waals surface area contributed by atoms with Crippen LogP contribution >= 0.6 is 14.3 Å². The number of aliphatic hydroxyl groups is 1. The first-order valence-electron chi connectivity index (χ1n) is 19.0. The van der Waals surface area contributed by atoms with Crippen molar-refractivity contribution in [1.29, 1.82) is 0 Å². The van der Waals surface area contributed by atoms with Gasteiger partial charge in [-0.3, -0.25) is 0 Å². The molecule has 3 nitrogen and oxygen atoms in total. The Morgan fingerprint density at radius 2 is 0.791 bits per heavy atom. The molecule has 260 valence electrons. The van der Waals surface area contributed by atoms with Crippen LogP contribution in [0.5, 0.6) is 0 Å². The molecule has 0 aliphatic heterocycles. The SMILES string of the molecule is CCCCCCCC/C=C\CCCCCCCCP(C)(C)=O.CCCCCCCCCCCCCCP(C)(=O)CC(C)O. The molecule has 1 N–H and O–H groups in total. The molecule has 0 amide bonds. The molecule has 5 heteroatoms. The van der Waals surface area contributed by atoms with E-state index in [0.717, 1.165) is 25.2 Å². The minimum atomic E-state index is -2.08. The second-order valence-electron chi connectivity index (χ2n) is 14.2. The smallest absolute Gasteiger partial charge is 0.0873 e. The molecule has 0 fully saturated rings. The lowest BCUT2D eigenvalue weighted by molar-refractivity contribution is 0.217. The fraction of sp³-hybridized carbons (Fsp3) is 0.947. The van der Waals surface area contributed by atoms with E-state index in [9.17, 15) is 14.2 Å². The van der Waals surface area contributed by atoms with Gasteiger partial charge in [0.25, 0.3) is 0 Å². The average Bonchev–Trinajstić information content (AvgIpc) is 2.92. The number of hydrogen-bond donors (Lipinski definition) is 1. The first kappa shape index (κ1) is 45.3. The predicted molar refractivity (Wildman–Crippen MR) is 200 cm³/mol. The van der Waals surface area contributed by atoms with Gasteiger partial charge in [-0.15, -0.1) is 0 Å². The standard InChI is InChI=1S/C20H41OP.C18H39O2P/c1-4-5-6-7-8-9-10-11-12-13-14-15-16-17-18-19-20-22(2,3)21;1-4-5-6-7-8-9-10-11-12-13-14-15-16-21(3,20)17-18(2)19/h11-12H,4-10,13-20H2,1-3H3;18-19H,4-17H2,1-3H3/b12-11-;. The first-order chi connectivity index (χ1) is 20.5. The van der Waals surface area contributed by atoms with Crippen molar-refractivity contribution in [3.8, 4) is 0 Å². The van der Waals surface area contributed by atoms with Crippen LogP contribution in [-0.2, 0) is 9.13 Å². The summed E-state index contributed by atoms with van der Waals surface area (Å²) in [6.45, 7) is 11.9. The maximum absolute atomic E-state index is 12.1. The predicted octanol–water partition coefficient (Wildman–Crippen LogP) is 13.7. The van der Waals surface area contributed by atoms with E-state index in [2.05, 4.69) is 26.0 Å². The molecular weight excluding hydrogens is 566 g/mol. The molecule has 2 atom stereocenters. The van der Waals surface area contributed by atoms with Crippen molar-refractivity contribution in [1.82, 2.24) is 0 Å². The Hall–Kier alpha value is 0.160. The summed E-state index contributed by atoms with van der Waals surface area (Å²) in [7, 11) is -3.84. The van der Waals surface area contributed by atoms with Crippen LogP contribution in [0.2, 0.25) is 0 Å². The van der Waals surface area contributed by atoms with Crippen molar-refractivity contribution >= 4 is 14.3 Å². The van der Waals surface area contributed by atoms with Crippen LogP contribution < -0.4 is 0 Å². The lowest BCUT2D eigenvalue weighted by Crippen LogP contribution is -2.08. The van der Waals surface area contributed by atoms with Crippen molar-refractivity contribution in [3.05, 3.63) is 12.2 Å². The second-order valence-corrected chi connectivity index (χ2v) is 21.2. The maximum atomic E-state index is 12.1. The summed E-state index contributed by atoms with van der Waals surface area (Å²) in [5.41, 5.74) is 0. The molecule has 0 heterocycles. The Morgan fingerprint density at radius 3 is 1.12 bits per heavy atom. The van der Waals surface area contributed by atoms with Crippen LogP contribution in [0.3, 0.4) is 0 Å². The van der Waals surface area contributed by atoms with Gasteiger partial charge in [0.15, 0.2) is 0 Å². The molecule has 0 saturated carbocycles. The molecule has 0 spiro atoms. The summed E-state index contributed by atoms with van der Waals surface area (Å²) in [6, 6.07) is 0. The van der Waals surface area contributed by atoms with E-state index >= 15 is 0 Å². The van der Waals surface area contributed by atoms with Gasteiger partial charge in [0.1, 0.15) is 0 Å². The number of rotatable bonds is 31. The molecule has 0 aromatic carbocycles. The van der Waals surface area contributed by atoms with Gasteiger partial charge in [-0.05, 0) is 65.4 Å². The number of unbranched alkanes of at least 4 members (excludes halogenated alkanes) is 23. The maximum Gasteiger partial charge on any atom is 0.0873 e. The van der Waals surface area contributed by atoms with Gasteiger partial charge in [-0.25, -0.2) is 0 Å². The summed E-state index contributed by atoms with van der Waals surface area (Å²) in [6.07, 6.45) is 41.3. The van der Waals surface area contributed by atoms with E-state index in [1.54, 1.807) is 6.92 Å². The molecule has 0 radical (unpaired) electrons. The second kappa shape index (κ2) is 33.5. The fourth-order valence-corrected chi connectivity index (χ4v) is 8.86. The molecule has 0 bridgehead atoms. The van der Waals surface area contributed by atoms with E-state index < -0.39 is 20.4 Å². The van der Waals surface area contributed by atoms with Crippen molar-refractivity contribution in [2.24, 2.45) is 0 Å². The zero-order chi connectivity index (χ0) is 32.5. The van der Waals surface area contributed by atoms with Gasteiger partial charge in [0.05, 0.1) is 20.4 Å². The first-order valence-corrected chi connectivity index (χ1v) is 24.3. The summed E-state index contributed by atoms with van der Waals surface area (Å²) in [5, 5.41) is 9.31. The van der Waals surface area contributed by atoms with E-state index in [4.69, 9.17) is 0 Å². The van der Waals surface area contributed by atoms with Crippen LogP contribution in [0.1, 0.15) is 188 Å². The van der Waals surface area contributed by atoms with Gasteiger partial charge in [-0.2, -0.15) is 0 Å². The largest absolute Gasteiger partial charge is 0.393 e. The molecule has 0 aliphatic rings. The van der Waals surface area contributed by atoms with Gasteiger partial charge < -0.3 is 14.2 Å². The third-order valence-corrected chi connectivity index (χ3v) is 12.3. The van der Waals surface area contributed by atoms with E-state index in [-0.39, 0.29) is 0 Å². The molecule has 0 aromatic rings. The Bertz CT molecular complexity index is 668. The highest BCUT2D eigenvalue weighted by molar-refractivity contribution is 7.63. The summed E-state index contributed by atoms with van der Waals surface area (Å²) < 4.78 is 23.7. The van der Waals surface area contributed by atoms with Crippen molar-refractivity contribution in [2.75, 3.05) is 38.5 Å². The average molecular weight is 647 g/mol. The molecule has 0 aliphatic carbocycles. The summed E-state index contributed by atoms with van der Waals surface area (Å²) >= 11 is 0. The minimum Gasteiger partial charge on any atom is -0.393 e. The highest BCUT2D eigenvalue weighted by atomic mass is 31.2. The van der Waals surface area contributed by atoms with Crippen LogP contribution in [0, 0.1) is 0 Å². The Balaban J connectivity index is 0. The molecular formula is C38H80O3P2. The van der Waals surface area contributed by atoms with E-state index in [0.29, 0.717) is 6.16 Å². The Kier molecular flexibility index (Phi) is 35.3. The number of hydrogen-bond acceptors (Lipinski definition) is 3. The number of allylic oxidation sites excluding steroid dienone is 2. The van der Waals surface area contributed by atoms with E-state index in [1.807, 2.05) is 20.0 Å². The topological polar surface area (TPSA) is 54.4 Å². The third kappa shape index (κ3) is 44.3. The van der Waals surface area contributed by atoms with Crippen molar-refractivity contribution in [3.63, 3.8) is 0 Å². The quantitative estimate of drug-likeness (QED) is 0.0463. The highest BCUT2D eigenvalue weighted by Crippen LogP contribution is 2.42. The van der Waals surface area contributed by atoms with Crippen LogP contribution in [0.4, 0.5) is 0 Å². The lowest BCUT2D eigenvalue weighted by Gasteiger charge is -2.14. The lowest BCUT2D eigenvalue weighted by atomic mass is 10.1. The van der Waals surface area contributed by atoms with Gasteiger partial charge in [0, 0.05) is 18.5 Å². The van der Waals surface area contributed by atoms with Crippen molar-refractivity contribution < 1.29 is 14.2 Å².